The van der Waals surface area contributed by atoms with Crippen LogP contribution in [0.3, 0.4) is 0 Å². The van der Waals surface area contributed by atoms with Gasteiger partial charge in [-0.15, -0.1) is 5.10 Å². The van der Waals surface area contributed by atoms with Crippen molar-refractivity contribution in [3.63, 3.8) is 0 Å². The zero-order valence-electron chi connectivity index (χ0n) is 16.5. The largest absolute Gasteiger partial charge is 0.497 e. The number of fused-ring (bicyclic) bond motifs is 1. The normalized spacial score (nSPS) is 10.9. The molecule has 1 amide bonds. The fraction of sp³-hybridized carbons (Fsp3) is 0.143. The monoisotopic (exact) mass is 439 g/mol. The molecule has 0 saturated carbocycles. The van der Waals surface area contributed by atoms with Gasteiger partial charge in [-0.1, -0.05) is 23.9 Å². The van der Waals surface area contributed by atoms with Gasteiger partial charge in [-0.25, -0.2) is 14.0 Å². The van der Waals surface area contributed by atoms with E-state index in [-0.39, 0.29) is 23.0 Å². The van der Waals surface area contributed by atoms with Crippen molar-refractivity contribution >= 4 is 23.2 Å². The Kier molecular flexibility index (Phi) is 5.99. The number of aromatic nitrogens is 4. The standard InChI is InChI=1S/C21H18FN5O3S/c1-30-16-8-2-13(3-9-16)11-23-19(28)12-31-21-25-24-20(29)18-10-17(26-27(18)21)14-4-6-15(22)7-5-14/h2-10H,11-12H2,1H3,(H,23,28)(H,24,29). The molecule has 0 aliphatic rings. The molecule has 2 heterocycles. The topological polar surface area (TPSA) is 101 Å². The van der Waals surface area contributed by atoms with Gasteiger partial charge in [-0.3, -0.25) is 9.59 Å². The molecule has 0 radical (unpaired) electrons. The Balaban J connectivity index is 1.45. The predicted octanol–water partition coefficient (Wildman–Crippen LogP) is 2.64. The first-order chi connectivity index (χ1) is 15.0. The Labute approximate surface area is 180 Å². The van der Waals surface area contributed by atoms with E-state index in [0.29, 0.717) is 23.0 Å². The molecule has 2 N–H and O–H groups in total. The van der Waals surface area contributed by atoms with Crippen molar-refractivity contribution in [2.24, 2.45) is 0 Å². The molecule has 31 heavy (non-hydrogen) atoms. The van der Waals surface area contributed by atoms with Gasteiger partial charge in [0.05, 0.1) is 18.6 Å². The van der Waals surface area contributed by atoms with Crippen LogP contribution in [-0.4, -0.2) is 38.6 Å². The number of ether oxygens (including phenoxy) is 1. The first-order valence-electron chi connectivity index (χ1n) is 9.30. The van der Waals surface area contributed by atoms with Crippen LogP contribution >= 0.6 is 11.8 Å². The van der Waals surface area contributed by atoms with Crippen molar-refractivity contribution in [1.82, 2.24) is 25.1 Å². The summed E-state index contributed by atoms with van der Waals surface area (Å²) < 4.78 is 19.7. The first kappa shape index (κ1) is 20.6. The van der Waals surface area contributed by atoms with E-state index in [1.54, 1.807) is 25.3 Å². The van der Waals surface area contributed by atoms with E-state index in [0.717, 1.165) is 23.1 Å². The molecular formula is C21H18FN5O3S. The molecule has 2 aromatic carbocycles. The van der Waals surface area contributed by atoms with Gasteiger partial charge in [-0.05, 0) is 48.0 Å². The number of aromatic amines is 1. The number of amides is 1. The number of hydrogen-bond acceptors (Lipinski definition) is 6. The second kappa shape index (κ2) is 9.00. The molecule has 2 aromatic heterocycles. The number of benzene rings is 2. The highest BCUT2D eigenvalue weighted by atomic mass is 32.2. The minimum Gasteiger partial charge on any atom is -0.497 e. The average molecular weight is 439 g/mol. The van der Waals surface area contributed by atoms with Gasteiger partial charge in [-0.2, -0.15) is 5.10 Å². The summed E-state index contributed by atoms with van der Waals surface area (Å²) in [4.78, 5) is 24.4. The third kappa shape index (κ3) is 4.75. The molecule has 0 fully saturated rings. The van der Waals surface area contributed by atoms with Gasteiger partial charge < -0.3 is 10.1 Å². The molecule has 0 aliphatic carbocycles. The molecule has 10 heteroatoms. The molecule has 0 bridgehead atoms. The number of hydrogen-bond donors (Lipinski definition) is 2. The maximum atomic E-state index is 13.2. The minimum absolute atomic E-state index is 0.0933. The zero-order chi connectivity index (χ0) is 21.8. The summed E-state index contributed by atoms with van der Waals surface area (Å²) in [6, 6.07) is 14.8. The van der Waals surface area contributed by atoms with Crippen LogP contribution in [0.25, 0.3) is 16.8 Å². The van der Waals surface area contributed by atoms with Crippen LogP contribution < -0.4 is 15.6 Å². The van der Waals surface area contributed by atoms with E-state index in [2.05, 4.69) is 20.6 Å². The van der Waals surface area contributed by atoms with E-state index in [9.17, 15) is 14.0 Å². The van der Waals surface area contributed by atoms with E-state index < -0.39 is 5.56 Å². The summed E-state index contributed by atoms with van der Waals surface area (Å²) in [6.45, 7) is 0.383. The number of carbonyl (C=O) groups is 1. The number of nitrogens with one attached hydrogen (secondary N) is 2. The van der Waals surface area contributed by atoms with Gasteiger partial charge in [0.15, 0.2) is 0 Å². The maximum absolute atomic E-state index is 13.2. The van der Waals surface area contributed by atoms with Crippen LogP contribution in [0.15, 0.2) is 64.5 Å². The Morgan fingerprint density at radius 3 is 2.65 bits per heavy atom. The van der Waals surface area contributed by atoms with Crippen LogP contribution in [0.1, 0.15) is 5.56 Å². The van der Waals surface area contributed by atoms with Crippen LogP contribution in [0.5, 0.6) is 5.75 Å². The van der Waals surface area contributed by atoms with Gasteiger partial charge in [0.2, 0.25) is 11.1 Å². The summed E-state index contributed by atoms with van der Waals surface area (Å²) in [6.07, 6.45) is 0. The molecular weight excluding hydrogens is 421 g/mol. The SMILES string of the molecule is COc1ccc(CNC(=O)CSc2n[nH]c(=O)c3cc(-c4ccc(F)cc4)nn23)cc1. The maximum Gasteiger partial charge on any atom is 0.290 e. The number of carbonyl (C=O) groups excluding carboxylic acids is 1. The Hall–Kier alpha value is -3.66. The van der Waals surface area contributed by atoms with Crippen molar-refractivity contribution in [3.8, 4) is 17.0 Å². The van der Waals surface area contributed by atoms with Crippen LogP contribution in [0, 0.1) is 5.82 Å². The molecule has 4 aromatic rings. The summed E-state index contributed by atoms with van der Waals surface area (Å²) >= 11 is 1.15. The van der Waals surface area contributed by atoms with Gasteiger partial charge >= 0.3 is 0 Å². The number of H-pyrrole nitrogens is 1. The lowest BCUT2D eigenvalue weighted by molar-refractivity contribution is -0.118. The Morgan fingerprint density at radius 2 is 1.94 bits per heavy atom. The van der Waals surface area contributed by atoms with E-state index in [1.165, 1.54) is 16.6 Å². The fourth-order valence-corrected chi connectivity index (χ4v) is 3.61. The highest BCUT2D eigenvalue weighted by molar-refractivity contribution is 7.99. The Bertz CT molecular complexity index is 1270. The second-order valence-electron chi connectivity index (χ2n) is 6.58. The summed E-state index contributed by atoms with van der Waals surface area (Å²) in [5.74, 6) is 0.297. The van der Waals surface area contributed by atoms with Crippen LogP contribution in [0.2, 0.25) is 0 Å². The van der Waals surface area contributed by atoms with E-state index in [1.807, 2.05) is 24.3 Å². The predicted molar refractivity (Wildman–Crippen MR) is 115 cm³/mol. The third-order valence-electron chi connectivity index (χ3n) is 4.50. The van der Waals surface area contributed by atoms with Crippen molar-refractivity contribution in [2.45, 2.75) is 11.7 Å². The van der Waals surface area contributed by atoms with Crippen molar-refractivity contribution < 1.29 is 13.9 Å². The average Bonchev–Trinajstić information content (AvgIpc) is 3.24. The van der Waals surface area contributed by atoms with Gasteiger partial charge in [0.25, 0.3) is 5.56 Å². The molecule has 0 spiro atoms. The zero-order valence-corrected chi connectivity index (χ0v) is 17.3. The van der Waals surface area contributed by atoms with Crippen molar-refractivity contribution in [1.29, 1.82) is 0 Å². The lowest BCUT2D eigenvalue weighted by atomic mass is 10.1. The van der Waals surface area contributed by atoms with Crippen LogP contribution in [-0.2, 0) is 11.3 Å². The highest BCUT2D eigenvalue weighted by Gasteiger charge is 2.14. The van der Waals surface area contributed by atoms with Crippen molar-refractivity contribution in [2.75, 3.05) is 12.9 Å². The number of methoxy groups -OCH3 is 1. The first-order valence-corrected chi connectivity index (χ1v) is 10.3. The van der Waals surface area contributed by atoms with E-state index in [4.69, 9.17) is 4.74 Å². The lowest BCUT2D eigenvalue weighted by Gasteiger charge is -2.06. The summed E-state index contributed by atoms with van der Waals surface area (Å²) in [7, 11) is 1.60. The summed E-state index contributed by atoms with van der Waals surface area (Å²) in [5.41, 5.74) is 1.99. The number of thioether (sulfide) groups is 1. The van der Waals surface area contributed by atoms with Crippen molar-refractivity contribution in [3.05, 3.63) is 76.3 Å². The lowest BCUT2D eigenvalue weighted by Crippen LogP contribution is -2.25. The van der Waals surface area contributed by atoms with E-state index >= 15 is 0 Å². The quantitative estimate of drug-likeness (QED) is 0.430. The molecule has 0 saturated heterocycles. The number of halogens is 1. The molecule has 0 aliphatic heterocycles. The fourth-order valence-electron chi connectivity index (χ4n) is 2.87. The highest BCUT2D eigenvalue weighted by Crippen LogP contribution is 2.21. The third-order valence-corrected chi connectivity index (χ3v) is 5.43. The molecule has 4 rings (SSSR count). The molecule has 158 valence electrons. The second-order valence-corrected chi connectivity index (χ2v) is 7.52. The minimum atomic E-state index is -0.408. The smallest absolute Gasteiger partial charge is 0.290 e. The molecule has 0 atom stereocenters. The number of nitrogens with zero attached hydrogens (tertiary/aromatic N) is 3. The molecule has 8 nitrogen and oxygen atoms in total. The Morgan fingerprint density at radius 1 is 1.19 bits per heavy atom. The van der Waals surface area contributed by atoms with Gasteiger partial charge in [0.1, 0.15) is 17.1 Å². The molecule has 0 unspecified atom stereocenters. The summed E-state index contributed by atoms with van der Waals surface area (Å²) in [5, 5.41) is 14.0. The number of rotatable bonds is 7. The van der Waals surface area contributed by atoms with Crippen LogP contribution in [0.4, 0.5) is 4.39 Å². The van der Waals surface area contributed by atoms with Gasteiger partial charge in [0, 0.05) is 12.1 Å².